The van der Waals surface area contributed by atoms with Crippen LogP contribution >= 0.6 is 10.3 Å². The molecule has 11 heteroatoms. The summed E-state index contributed by atoms with van der Waals surface area (Å²) in [5.74, 6) is -12.6. The normalized spacial score (nSPS) is 12.5. The number of aromatic hydroxyl groups is 1. The summed E-state index contributed by atoms with van der Waals surface area (Å²) in [6.07, 6.45) is 0. The van der Waals surface area contributed by atoms with Crippen LogP contribution in [0.5, 0.6) is 5.75 Å². The van der Waals surface area contributed by atoms with E-state index in [1.165, 1.54) is 48.5 Å². The zero-order valence-corrected chi connectivity index (χ0v) is 19.1. The number of halogens is 5. The van der Waals surface area contributed by atoms with E-state index in [0.717, 1.165) is 0 Å². The number of phenolic OH excluding ortho intramolecular Hbond substituents is 1. The second-order valence-corrected chi connectivity index (χ2v) is 11.5. The molecule has 4 aromatic rings. The van der Waals surface area contributed by atoms with Gasteiger partial charge in [-0.05, 0) is 58.8 Å². The second kappa shape index (κ2) is 9.33. The predicted octanol–water partition coefficient (Wildman–Crippen LogP) is 6.69. The van der Waals surface area contributed by atoms with E-state index in [1.807, 2.05) is 0 Å². The van der Waals surface area contributed by atoms with E-state index >= 15 is 0 Å². The van der Waals surface area contributed by atoms with Crippen LogP contribution in [0.3, 0.4) is 0 Å². The Hall–Kier alpha value is -3.41. The molecule has 0 heterocycles. The molecule has 0 aliphatic heterocycles. The highest BCUT2D eigenvalue weighted by Gasteiger charge is 2.42. The molecule has 182 valence electrons. The van der Waals surface area contributed by atoms with Gasteiger partial charge in [0.05, 0.1) is 0 Å². The molecule has 0 amide bonds. The first kappa shape index (κ1) is 24.7. The van der Waals surface area contributed by atoms with Gasteiger partial charge >= 0.3 is 10.1 Å². The topological polar surface area (TPSA) is 63.6 Å². The van der Waals surface area contributed by atoms with Gasteiger partial charge in [-0.3, -0.25) is 0 Å². The monoisotopic (exact) mass is 526 g/mol. The number of benzene rings is 4. The van der Waals surface area contributed by atoms with Gasteiger partial charge < -0.3 is 5.11 Å². The smallest absolute Gasteiger partial charge is 0.313 e. The van der Waals surface area contributed by atoms with Crippen LogP contribution in [-0.2, 0) is 13.7 Å². The maximum atomic E-state index is 14.5. The standard InChI is InChI=1S/C24H15F5O4S2/c25-19-20(26)22(28)24(23(29)21(19)27)35(31,32)33-34(16-7-3-1-4-8-16,17-9-5-2-6-10-17)18-13-11-15(30)12-14-18/h1-14,30H. The Morgan fingerprint density at radius 1 is 0.543 bits per heavy atom. The number of rotatable bonds is 6. The van der Waals surface area contributed by atoms with Crippen molar-refractivity contribution in [2.24, 2.45) is 0 Å². The Labute approximate surface area is 198 Å². The Kier molecular flexibility index (Phi) is 6.58. The van der Waals surface area contributed by atoms with Crippen LogP contribution in [0.15, 0.2) is 105 Å². The van der Waals surface area contributed by atoms with Crippen LogP contribution < -0.4 is 0 Å². The summed E-state index contributed by atoms with van der Waals surface area (Å²) in [4.78, 5) is -1.45. The van der Waals surface area contributed by atoms with Crippen LogP contribution in [0.2, 0.25) is 0 Å². The third-order valence-corrected chi connectivity index (χ3v) is 10.1. The first-order valence-electron chi connectivity index (χ1n) is 9.79. The molecule has 35 heavy (non-hydrogen) atoms. The van der Waals surface area contributed by atoms with Crippen LogP contribution in [0, 0.1) is 29.1 Å². The maximum Gasteiger partial charge on any atom is 0.313 e. The highest BCUT2D eigenvalue weighted by molar-refractivity contribution is 8.33. The third-order valence-electron chi connectivity index (χ3n) is 4.93. The van der Waals surface area contributed by atoms with Crippen LogP contribution in [-0.4, -0.2) is 13.5 Å². The summed E-state index contributed by atoms with van der Waals surface area (Å²) >= 11 is 0. The summed E-state index contributed by atoms with van der Waals surface area (Å²) in [6.45, 7) is 0. The zero-order chi connectivity index (χ0) is 25.4. The molecule has 0 saturated carbocycles. The molecule has 0 spiro atoms. The van der Waals surface area contributed by atoms with Gasteiger partial charge in [0.1, 0.15) is 5.75 Å². The van der Waals surface area contributed by atoms with Gasteiger partial charge in [-0.15, -0.1) is 0 Å². The SMILES string of the molecule is O=S(=O)(OS(c1ccccc1)(c1ccccc1)c1ccc(O)cc1)c1c(F)c(F)c(F)c(F)c1F. The van der Waals surface area contributed by atoms with Gasteiger partial charge in [0.15, 0.2) is 28.2 Å². The van der Waals surface area contributed by atoms with Gasteiger partial charge in [-0.1, -0.05) is 36.4 Å². The molecule has 0 aromatic heterocycles. The number of phenols is 1. The quantitative estimate of drug-likeness (QED) is 0.173. The first-order chi connectivity index (χ1) is 16.6. The Bertz CT molecular complexity index is 1410. The molecule has 0 aliphatic carbocycles. The fourth-order valence-corrected chi connectivity index (χ4v) is 8.69. The van der Waals surface area contributed by atoms with Gasteiger partial charge in [-0.2, -0.15) is 8.42 Å². The van der Waals surface area contributed by atoms with Crippen molar-refractivity contribution in [2.75, 3.05) is 0 Å². The van der Waals surface area contributed by atoms with Crippen molar-refractivity contribution in [3.8, 4) is 5.75 Å². The van der Waals surface area contributed by atoms with Crippen molar-refractivity contribution in [3.63, 3.8) is 0 Å². The number of hydrogen-bond acceptors (Lipinski definition) is 4. The fourth-order valence-electron chi connectivity index (χ4n) is 3.36. The maximum absolute atomic E-state index is 14.5. The summed E-state index contributed by atoms with van der Waals surface area (Å²) in [7, 11) is -9.01. The summed E-state index contributed by atoms with van der Waals surface area (Å²) < 4.78 is 103. The molecule has 0 radical (unpaired) electrons. The molecule has 4 nitrogen and oxygen atoms in total. The fraction of sp³-hybridized carbons (Fsp3) is 0. The molecule has 0 unspecified atom stereocenters. The predicted molar refractivity (Wildman–Crippen MR) is 118 cm³/mol. The molecule has 0 atom stereocenters. The van der Waals surface area contributed by atoms with Crippen molar-refractivity contribution in [3.05, 3.63) is 114 Å². The highest BCUT2D eigenvalue weighted by atomic mass is 32.3. The van der Waals surface area contributed by atoms with E-state index in [-0.39, 0.29) is 20.4 Å². The average Bonchev–Trinajstić information content (AvgIpc) is 2.86. The molecule has 0 bridgehead atoms. The van der Waals surface area contributed by atoms with Gasteiger partial charge in [0.2, 0.25) is 5.82 Å². The van der Waals surface area contributed by atoms with Crippen LogP contribution in [0.1, 0.15) is 0 Å². The van der Waals surface area contributed by atoms with E-state index in [0.29, 0.717) is 0 Å². The molecule has 4 aromatic carbocycles. The molecular weight excluding hydrogens is 511 g/mol. The molecule has 4 rings (SSSR count). The van der Waals surface area contributed by atoms with Crippen LogP contribution in [0.25, 0.3) is 0 Å². The Morgan fingerprint density at radius 2 is 0.914 bits per heavy atom. The zero-order valence-electron chi connectivity index (χ0n) is 17.5. The van der Waals surface area contributed by atoms with E-state index in [1.54, 1.807) is 36.4 Å². The summed E-state index contributed by atoms with van der Waals surface area (Å²) in [5.41, 5.74) is 0. The lowest BCUT2D eigenvalue weighted by molar-refractivity contribution is 0.354. The largest absolute Gasteiger partial charge is 0.508 e. The van der Waals surface area contributed by atoms with Crippen molar-refractivity contribution in [2.45, 2.75) is 19.6 Å². The van der Waals surface area contributed by atoms with Gasteiger partial charge in [-0.25, -0.2) is 25.6 Å². The van der Waals surface area contributed by atoms with Crippen molar-refractivity contribution in [1.82, 2.24) is 0 Å². The van der Waals surface area contributed by atoms with E-state index in [9.17, 15) is 35.5 Å². The minimum atomic E-state index is -5.62. The lowest BCUT2D eigenvalue weighted by Crippen LogP contribution is -2.19. The molecular formula is C24H15F5O4S2. The Balaban J connectivity index is 2.07. The lowest BCUT2D eigenvalue weighted by atomic mass is 10.3. The summed E-state index contributed by atoms with van der Waals surface area (Å²) in [6, 6.07) is 20.7. The second-order valence-electron chi connectivity index (χ2n) is 7.10. The van der Waals surface area contributed by atoms with Crippen molar-refractivity contribution >= 4 is 20.4 Å². The van der Waals surface area contributed by atoms with Gasteiger partial charge in [0, 0.05) is 14.7 Å². The van der Waals surface area contributed by atoms with Crippen LogP contribution in [0.4, 0.5) is 22.0 Å². The lowest BCUT2D eigenvalue weighted by Gasteiger charge is -2.39. The average molecular weight is 527 g/mol. The van der Waals surface area contributed by atoms with E-state index < -0.39 is 54.4 Å². The minimum absolute atomic E-state index is 0.161. The number of hydrogen-bond donors (Lipinski definition) is 1. The highest BCUT2D eigenvalue weighted by Crippen LogP contribution is 2.70. The van der Waals surface area contributed by atoms with Crippen molar-refractivity contribution in [1.29, 1.82) is 0 Å². The minimum Gasteiger partial charge on any atom is -0.508 e. The van der Waals surface area contributed by atoms with Gasteiger partial charge in [0.25, 0.3) is 0 Å². The third kappa shape index (κ3) is 4.26. The summed E-state index contributed by atoms with van der Waals surface area (Å²) in [5, 5.41) is 9.77. The molecule has 0 saturated heterocycles. The van der Waals surface area contributed by atoms with E-state index in [4.69, 9.17) is 3.63 Å². The van der Waals surface area contributed by atoms with E-state index in [2.05, 4.69) is 0 Å². The van der Waals surface area contributed by atoms with Crippen molar-refractivity contribution < 1.29 is 39.1 Å². The molecule has 0 aliphatic rings. The Morgan fingerprint density at radius 3 is 1.34 bits per heavy atom. The molecule has 1 N–H and O–H groups in total. The first-order valence-corrected chi connectivity index (χ1v) is 12.8. The molecule has 0 fully saturated rings.